The Morgan fingerprint density at radius 1 is 1.35 bits per heavy atom. The molecule has 0 bridgehead atoms. The summed E-state index contributed by atoms with van der Waals surface area (Å²) in [5, 5.41) is 14.0. The molecule has 0 aliphatic carbocycles. The van der Waals surface area contributed by atoms with Crippen LogP contribution in [-0.4, -0.2) is 35.4 Å². The van der Waals surface area contributed by atoms with E-state index < -0.39 is 4.92 Å². The van der Waals surface area contributed by atoms with Crippen LogP contribution in [0.4, 0.5) is 5.69 Å². The highest BCUT2D eigenvalue weighted by atomic mass is 16.6. The molecule has 1 rings (SSSR count). The average molecular weight is 279 g/mol. The van der Waals surface area contributed by atoms with Gasteiger partial charge < -0.3 is 10.2 Å². The number of nitro benzene ring substituents is 1. The molecular formula is C14H21N3O3. The van der Waals surface area contributed by atoms with E-state index >= 15 is 0 Å². The van der Waals surface area contributed by atoms with Crippen molar-refractivity contribution in [2.45, 2.75) is 26.8 Å². The van der Waals surface area contributed by atoms with Gasteiger partial charge >= 0.3 is 0 Å². The smallest absolute Gasteiger partial charge is 0.274 e. The normalized spacial score (nSPS) is 11.9. The minimum Gasteiger partial charge on any atom is -0.342 e. The largest absolute Gasteiger partial charge is 0.342 e. The molecule has 1 aromatic rings. The van der Waals surface area contributed by atoms with Crippen LogP contribution in [-0.2, 0) is 4.79 Å². The van der Waals surface area contributed by atoms with E-state index in [1.54, 1.807) is 23.1 Å². The van der Waals surface area contributed by atoms with E-state index in [0.717, 1.165) is 0 Å². The summed E-state index contributed by atoms with van der Waals surface area (Å²) in [7, 11) is 0. The summed E-state index contributed by atoms with van der Waals surface area (Å²) in [6, 6.07) is 6.32. The van der Waals surface area contributed by atoms with Crippen molar-refractivity contribution in [2.75, 3.05) is 19.6 Å². The second kappa shape index (κ2) is 7.59. The van der Waals surface area contributed by atoms with Gasteiger partial charge in [0.05, 0.1) is 11.5 Å². The second-order valence-corrected chi connectivity index (χ2v) is 4.48. The molecular weight excluding hydrogens is 258 g/mol. The highest BCUT2D eigenvalue weighted by Gasteiger charge is 2.19. The zero-order chi connectivity index (χ0) is 15.1. The lowest BCUT2D eigenvalue weighted by molar-refractivity contribution is -0.385. The van der Waals surface area contributed by atoms with Gasteiger partial charge in [-0.15, -0.1) is 0 Å². The van der Waals surface area contributed by atoms with Gasteiger partial charge in [0, 0.05) is 30.8 Å². The first-order chi connectivity index (χ1) is 9.51. The van der Waals surface area contributed by atoms with Gasteiger partial charge in [0.2, 0.25) is 5.91 Å². The molecule has 0 spiro atoms. The van der Waals surface area contributed by atoms with Gasteiger partial charge in [0.15, 0.2) is 0 Å². The molecule has 0 aliphatic rings. The van der Waals surface area contributed by atoms with Gasteiger partial charge in [-0.1, -0.05) is 18.2 Å². The predicted molar refractivity (Wildman–Crippen MR) is 77.4 cm³/mol. The number of likely N-dealkylation sites (N-methyl/N-ethyl adjacent to an activating group) is 1. The van der Waals surface area contributed by atoms with E-state index in [9.17, 15) is 14.9 Å². The third kappa shape index (κ3) is 4.03. The Morgan fingerprint density at radius 2 is 1.95 bits per heavy atom. The molecule has 0 fully saturated rings. The van der Waals surface area contributed by atoms with Crippen LogP contribution in [0.2, 0.25) is 0 Å². The molecule has 6 nitrogen and oxygen atoms in total. The Labute approximate surface area is 118 Å². The molecule has 20 heavy (non-hydrogen) atoms. The molecule has 0 aliphatic heterocycles. The molecule has 6 heteroatoms. The maximum Gasteiger partial charge on any atom is 0.274 e. The summed E-state index contributed by atoms with van der Waals surface area (Å²) in [5.74, 6) is 0.000402. The number of hydrogen-bond acceptors (Lipinski definition) is 4. The molecule has 1 N–H and O–H groups in total. The Morgan fingerprint density at radius 3 is 2.50 bits per heavy atom. The molecule has 0 aromatic heterocycles. The fourth-order valence-electron chi connectivity index (χ4n) is 2.06. The molecule has 1 aromatic carbocycles. The number of carbonyl (C=O) groups is 1. The molecule has 0 heterocycles. The van der Waals surface area contributed by atoms with Crippen molar-refractivity contribution in [1.29, 1.82) is 0 Å². The minimum absolute atomic E-state index is 0.000402. The van der Waals surface area contributed by atoms with E-state index in [1.807, 2.05) is 20.8 Å². The van der Waals surface area contributed by atoms with Gasteiger partial charge in [-0.25, -0.2) is 0 Å². The van der Waals surface area contributed by atoms with E-state index in [2.05, 4.69) is 5.32 Å². The number of carbonyl (C=O) groups excluding carboxylic acids is 1. The maximum absolute atomic E-state index is 11.9. The quantitative estimate of drug-likeness (QED) is 0.612. The van der Waals surface area contributed by atoms with E-state index in [1.165, 1.54) is 6.07 Å². The first-order valence-corrected chi connectivity index (χ1v) is 6.75. The molecule has 1 atom stereocenters. The number of para-hydroxylation sites is 1. The first-order valence-electron chi connectivity index (χ1n) is 6.75. The second-order valence-electron chi connectivity index (χ2n) is 4.48. The van der Waals surface area contributed by atoms with Crippen LogP contribution in [0.25, 0.3) is 0 Å². The third-order valence-corrected chi connectivity index (χ3v) is 3.28. The highest BCUT2D eigenvalue weighted by Crippen LogP contribution is 2.24. The number of nitrogens with zero attached hydrogens (tertiary/aromatic N) is 2. The first kappa shape index (κ1) is 16.1. The van der Waals surface area contributed by atoms with Gasteiger partial charge in [0.1, 0.15) is 0 Å². The summed E-state index contributed by atoms with van der Waals surface area (Å²) < 4.78 is 0. The molecule has 1 amide bonds. The van der Waals surface area contributed by atoms with Crippen LogP contribution >= 0.6 is 0 Å². The maximum atomic E-state index is 11.9. The Hall–Kier alpha value is -1.95. The van der Waals surface area contributed by atoms with Crippen LogP contribution < -0.4 is 5.32 Å². The summed E-state index contributed by atoms with van der Waals surface area (Å²) in [6.07, 6.45) is 0. The molecule has 1 unspecified atom stereocenters. The summed E-state index contributed by atoms with van der Waals surface area (Å²) in [6.45, 7) is 7.17. The van der Waals surface area contributed by atoms with Gasteiger partial charge in [0.25, 0.3) is 5.69 Å². The van der Waals surface area contributed by atoms with Crippen molar-refractivity contribution in [3.8, 4) is 0 Å². The molecule has 0 saturated carbocycles. The average Bonchev–Trinajstić information content (AvgIpc) is 2.46. The predicted octanol–water partition coefficient (Wildman–Crippen LogP) is 2.11. The summed E-state index contributed by atoms with van der Waals surface area (Å²) in [5.41, 5.74) is 0.660. The lowest BCUT2D eigenvalue weighted by Gasteiger charge is -2.20. The van der Waals surface area contributed by atoms with E-state index in [-0.39, 0.29) is 24.2 Å². The number of nitrogens with one attached hydrogen (secondary N) is 1. The Kier molecular flexibility index (Phi) is 6.11. The molecule has 0 saturated heterocycles. The number of benzene rings is 1. The van der Waals surface area contributed by atoms with Gasteiger partial charge in [-0.2, -0.15) is 0 Å². The van der Waals surface area contributed by atoms with Crippen LogP contribution in [0.5, 0.6) is 0 Å². The van der Waals surface area contributed by atoms with Crippen LogP contribution in [0, 0.1) is 10.1 Å². The van der Waals surface area contributed by atoms with Crippen molar-refractivity contribution in [3.63, 3.8) is 0 Å². The van der Waals surface area contributed by atoms with Crippen molar-refractivity contribution >= 4 is 11.6 Å². The van der Waals surface area contributed by atoms with Crippen LogP contribution in [0.3, 0.4) is 0 Å². The number of amides is 1. The summed E-state index contributed by atoms with van der Waals surface area (Å²) in [4.78, 5) is 24.2. The molecule has 0 radical (unpaired) electrons. The fraction of sp³-hybridized carbons (Fsp3) is 0.500. The van der Waals surface area contributed by atoms with E-state index in [4.69, 9.17) is 0 Å². The fourth-order valence-corrected chi connectivity index (χ4v) is 2.06. The summed E-state index contributed by atoms with van der Waals surface area (Å²) >= 11 is 0. The van der Waals surface area contributed by atoms with Crippen LogP contribution in [0.15, 0.2) is 24.3 Å². The van der Waals surface area contributed by atoms with Crippen molar-refractivity contribution in [1.82, 2.24) is 10.2 Å². The number of hydrogen-bond donors (Lipinski definition) is 1. The lowest BCUT2D eigenvalue weighted by Crippen LogP contribution is -2.38. The van der Waals surface area contributed by atoms with E-state index in [0.29, 0.717) is 18.7 Å². The Bertz CT molecular complexity index is 472. The lowest BCUT2D eigenvalue weighted by atomic mass is 10.1. The van der Waals surface area contributed by atoms with Crippen molar-refractivity contribution < 1.29 is 9.72 Å². The highest BCUT2D eigenvalue weighted by molar-refractivity contribution is 5.78. The van der Waals surface area contributed by atoms with Crippen molar-refractivity contribution in [3.05, 3.63) is 39.9 Å². The third-order valence-electron chi connectivity index (χ3n) is 3.28. The van der Waals surface area contributed by atoms with Gasteiger partial charge in [-0.05, 0) is 20.8 Å². The van der Waals surface area contributed by atoms with Crippen molar-refractivity contribution in [2.24, 2.45) is 0 Å². The standard InChI is InChI=1S/C14H21N3O3/c1-4-16(5-2)14(18)10-15-11(3)12-8-6-7-9-13(12)17(19)20/h6-9,11,15H,4-5,10H2,1-3H3. The molecule has 110 valence electrons. The zero-order valence-corrected chi connectivity index (χ0v) is 12.1. The van der Waals surface area contributed by atoms with Gasteiger partial charge in [-0.3, -0.25) is 14.9 Å². The topological polar surface area (TPSA) is 75.5 Å². The number of rotatable bonds is 7. The zero-order valence-electron chi connectivity index (χ0n) is 12.1. The minimum atomic E-state index is -0.403. The van der Waals surface area contributed by atoms with Crippen LogP contribution in [0.1, 0.15) is 32.4 Å². The Balaban J connectivity index is 2.70. The monoisotopic (exact) mass is 279 g/mol. The number of nitro groups is 1. The SMILES string of the molecule is CCN(CC)C(=O)CNC(C)c1ccccc1[N+](=O)[O-].